The second-order valence-electron chi connectivity index (χ2n) is 9.08. The molecule has 2 N–H and O–H groups in total. The Morgan fingerprint density at radius 2 is 1.55 bits per heavy atom. The molecule has 4 aromatic rings. The van der Waals surface area contributed by atoms with Crippen molar-refractivity contribution in [2.24, 2.45) is 0 Å². The highest BCUT2D eigenvalue weighted by molar-refractivity contribution is 5.73. The molecule has 44 heavy (non-hydrogen) atoms. The van der Waals surface area contributed by atoms with Gasteiger partial charge in [0.1, 0.15) is 0 Å². The smallest absolute Gasteiger partial charge is 0.481 e. The van der Waals surface area contributed by atoms with Crippen molar-refractivity contribution in [3.8, 4) is 17.1 Å². The van der Waals surface area contributed by atoms with Crippen LogP contribution >= 0.6 is 0 Å². The highest BCUT2D eigenvalue weighted by atomic mass is 19.4. The summed E-state index contributed by atoms with van der Waals surface area (Å²) in [5.41, 5.74) is 4.42. The molecule has 0 atom stereocenters. The average Bonchev–Trinajstić information content (AvgIpc) is 3.41. The Labute approximate surface area is 245 Å². The third kappa shape index (κ3) is 9.32. The number of carboxylic acid groups (broad SMARTS) is 2. The van der Waals surface area contributed by atoms with Gasteiger partial charge in [-0.05, 0) is 31.0 Å². The monoisotopic (exact) mass is 629 g/mol. The van der Waals surface area contributed by atoms with Crippen molar-refractivity contribution in [3.63, 3.8) is 0 Å². The fourth-order valence-electron chi connectivity index (χ4n) is 4.05. The van der Waals surface area contributed by atoms with Gasteiger partial charge in [-0.2, -0.15) is 26.3 Å². The third-order valence-corrected chi connectivity index (χ3v) is 6.11. The molecule has 0 radical (unpaired) electrons. The number of pyridine rings is 2. The van der Waals surface area contributed by atoms with Gasteiger partial charge in [-0.25, -0.2) is 29.5 Å². The second kappa shape index (κ2) is 14.5. The van der Waals surface area contributed by atoms with Gasteiger partial charge in [0, 0.05) is 55.4 Å². The first-order valence-electron chi connectivity index (χ1n) is 12.6. The lowest BCUT2D eigenvalue weighted by molar-refractivity contribution is -0.193. The Hall–Kier alpha value is -4.87. The van der Waals surface area contributed by atoms with E-state index in [2.05, 4.69) is 35.5 Å². The number of hydrogen-bond donors (Lipinski definition) is 2. The molecule has 18 heteroatoms. The number of imidazole rings is 1. The van der Waals surface area contributed by atoms with Crippen molar-refractivity contribution in [2.45, 2.75) is 37.8 Å². The van der Waals surface area contributed by atoms with Crippen molar-refractivity contribution in [1.82, 2.24) is 34.4 Å². The number of piperidine rings is 1. The maximum Gasteiger partial charge on any atom is 0.490 e. The van der Waals surface area contributed by atoms with E-state index in [-0.39, 0.29) is 0 Å². The Morgan fingerprint density at radius 1 is 0.932 bits per heavy atom. The molecule has 0 aromatic carbocycles. The Morgan fingerprint density at radius 3 is 2.09 bits per heavy atom. The van der Waals surface area contributed by atoms with Crippen LogP contribution in [0.3, 0.4) is 0 Å². The van der Waals surface area contributed by atoms with Crippen LogP contribution in [0.15, 0.2) is 55.4 Å². The largest absolute Gasteiger partial charge is 0.490 e. The minimum atomic E-state index is -5.08. The molecule has 0 unspecified atom stereocenters. The number of nitrogens with zero attached hydrogens (tertiary/aromatic N) is 7. The molecule has 1 fully saturated rings. The Kier molecular flexibility index (Phi) is 11.1. The summed E-state index contributed by atoms with van der Waals surface area (Å²) >= 11 is 0. The molecule has 1 saturated heterocycles. The second-order valence-corrected chi connectivity index (χ2v) is 9.08. The van der Waals surface area contributed by atoms with Gasteiger partial charge in [-0.1, -0.05) is 6.07 Å². The zero-order valence-corrected chi connectivity index (χ0v) is 22.8. The Balaban J connectivity index is 0.000000317. The van der Waals surface area contributed by atoms with Gasteiger partial charge in [0.25, 0.3) is 0 Å². The molecule has 0 saturated carbocycles. The molecule has 5 rings (SSSR count). The first-order valence-corrected chi connectivity index (χ1v) is 12.6. The van der Waals surface area contributed by atoms with Crippen molar-refractivity contribution in [3.05, 3.63) is 60.9 Å². The Bertz CT molecular complexity index is 1520. The predicted octanol–water partition coefficient (Wildman–Crippen LogP) is 4.40. The summed E-state index contributed by atoms with van der Waals surface area (Å²) in [4.78, 5) is 42.6. The van der Waals surface area contributed by atoms with Gasteiger partial charge in [0.05, 0.1) is 25.3 Å². The summed E-state index contributed by atoms with van der Waals surface area (Å²) in [5.74, 6) is -4.81. The molecule has 0 bridgehead atoms. The molecule has 0 spiro atoms. The zero-order chi connectivity index (χ0) is 32.5. The van der Waals surface area contributed by atoms with E-state index in [1.165, 1.54) is 0 Å². The molecule has 4 aromatic heterocycles. The number of carboxylic acids is 2. The molecule has 236 valence electrons. The summed E-state index contributed by atoms with van der Waals surface area (Å²) in [5, 5.41) is 14.2. The number of alkyl halides is 6. The zero-order valence-electron chi connectivity index (χ0n) is 22.8. The highest BCUT2D eigenvalue weighted by Crippen LogP contribution is 2.28. The van der Waals surface area contributed by atoms with E-state index in [0.29, 0.717) is 17.6 Å². The number of carbonyl (C=O) groups is 2. The fraction of sp³-hybridized carbons (Fsp3) is 0.346. The van der Waals surface area contributed by atoms with Crippen LogP contribution in [0.5, 0.6) is 5.88 Å². The molecule has 12 nitrogen and oxygen atoms in total. The third-order valence-electron chi connectivity index (χ3n) is 6.11. The normalized spacial score (nSPS) is 14.2. The number of ether oxygens (including phenoxy) is 1. The van der Waals surface area contributed by atoms with Gasteiger partial charge in [0.15, 0.2) is 11.3 Å². The summed E-state index contributed by atoms with van der Waals surface area (Å²) in [6.45, 7) is 2.84. The summed E-state index contributed by atoms with van der Waals surface area (Å²) in [6.07, 6.45) is 0.873. The topological polar surface area (TPSA) is 156 Å². The molecule has 1 aliphatic rings. The summed E-state index contributed by atoms with van der Waals surface area (Å²) in [7, 11) is 1.67. The van der Waals surface area contributed by atoms with Crippen LogP contribution in [0.2, 0.25) is 0 Å². The van der Waals surface area contributed by atoms with Crippen molar-refractivity contribution < 1.29 is 50.9 Å². The minimum Gasteiger partial charge on any atom is -0.481 e. The van der Waals surface area contributed by atoms with Gasteiger partial charge in [-0.3, -0.25) is 9.88 Å². The van der Waals surface area contributed by atoms with Crippen molar-refractivity contribution in [1.29, 1.82) is 0 Å². The molecule has 5 heterocycles. The number of aromatic nitrogens is 6. The molecule has 1 aliphatic heterocycles. The van der Waals surface area contributed by atoms with E-state index in [0.717, 1.165) is 54.9 Å². The van der Waals surface area contributed by atoms with E-state index in [4.69, 9.17) is 29.5 Å². The van der Waals surface area contributed by atoms with Crippen LogP contribution < -0.4 is 4.74 Å². The van der Waals surface area contributed by atoms with Gasteiger partial charge in [0.2, 0.25) is 5.88 Å². The predicted molar refractivity (Wildman–Crippen MR) is 140 cm³/mol. The van der Waals surface area contributed by atoms with Crippen LogP contribution in [0.4, 0.5) is 26.3 Å². The van der Waals surface area contributed by atoms with Crippen LogP contribution in [0.1, 0.15) is 24.4 Å². The quantitative estimate of drug-likeness (QED) is 0.302. The lowest BCUT2D eigenvalue weighted by Gasteiger charge is -2.32. The lowest BCUT2D eigenvalue weighted by Crippen LogP contribution is -2.34. The molecular formula is C26H25F6N7O5. The molecule has 0 amide bonds. The number of likely N-dealkylation sites (tertiary alicyclic amines) is 1. The van der Waals surface area contributed by atoms with Crippen molar-refractivity contribution in [2.75, 3.05) is 20.2 Å². The number of methoxy groups -OCH3 is 1. The van der Waals surface area contributed by atoms with E-state index in [1.54, 1.807) is 25.7 Å². The maximum absolute atomic E-state index is 10.6. The number of rotatable bonds is 5. The maximum atomic E-state index is 10.6. The van der Waals surface area contributed by atoms with Crippen LogP contribution in [-0.4, -0.2) is 89.1 Å². The molecular weight excluding hydrogens is 604 g/mol. The number of halogens is 6. The van der Waals surface area contributed by atoms with Crippen molar-refractivity contribution >= 4 is 23.2 Å². The lowest BCUT2D eigenvalue weighted by atomic mass is 10.0. The van der Waals surface area contributed by atoms with Gasteiger partial charge >= 0.3 is 24.3 Å². The van der Waals surface area contributed by atoms with Crippen LogP contribution in [-0.2, 0) is 16.1 Å². The molecule has 0 aliphatic carbocycles. The van der Waals surface area contributed by atoms with E-state index < -0.39 is 24.3 Å². The number of fused-ring (bicyclic) bond motifs is 1. The van der Waals surface area contributed by atoms with Crippen LogP contribution in [0.25, 0.3) is 22.6 Å². The average molecular weight is 630 g/mol. The summed E-state index contributed by atoms with van der Waals surface area (Å²) in [6, 6.07) is 8.30. The number of hydrogen-bond acceptors (Lipinski definition) is 9. The standard InChI is InChI=1S/C22H23N7O.2C2HF3O2/c1-30-22-17(5-3-9-24-22)14-28-10-6-18(7-11-28)29-15-26-20-21(29)27-19(13-25-20)16-4-2-8-23-12-16;2*3-2(4,5)1(6)7/h2-5,8-9,12-13,15,18H,6-7,10-11,14H2,1H3;2*(H,6,7). The first kappa shape index (κ1) is 33.6. The van der Waals surface area contributed by atoms with E-state index >= 15 is 0 Å². The fourth-order valence-corrected chi connectivity index (χ4v) is 4.05. The number of aliphatic carboxylic acids is 2. The van der Waals surface area contributed by atoms with Gasteiger partial charge < -0.3 is 19.5 Å². The summed E-state index contributed by atoms with van der Waals surface area (Å²) < 4.78 is 71.0. The first-order chi connectivity index (χ1) is 20.7. The SMILES string of the molecule is COc1ncccc1CN1CCC(n2cnc3ncc(-c4cccnc4)nc32)CC1.O=C(O)C(F)(F)F.O=C(O)C(F)(F)F. The van der Waals surface area contributed by atoms with Crippen LogP contribution in [0, 0.1) is 0 Å². The highest BCUT2D eigenvalue weighted by Gasteiger charge is 2.38. The van der Waals surface area contributed by atoms with Gasteiger partial charge in [-0.15, -0.1) is 0 Å². The van der Waals surface area contributed by atoms with E-state index in [9.17, 15) is 26.3 Å². The minimum absolute atomic E-state index is 0.362. The van der Waals surface area contributed by atoms with E-state index in [1.807, 2.05) is 30.7 Å².